The summed E-state index contributed by atoms with van der Waals surface area (Å²) in [5.41, 5.74) is 4.06. The van der Waals surface area contributed by atoms with E-state index in [4.69, 9.17) is 9.47 Å². The second kappa shape index (κ2) is 6.26. The molecule has 4 heteroatoms. The first-order valence-corrected chi connectivity index (χ1v) is 9.57. The number of allylic oxidation sites excluding steroid dienone is 2. The number of hydrogen-bond acceptors (Lipinski definition) is 4. The summed E-state index contributed by atoms with van der Waals surface area (Å²) in [4.78, 5) is 22.7. The molecule has 3 aliphatic carbocycles. The van der Waals surface area contributed by atoms with Gasteiger partial charge in [-0.1, -0.05) is 19.1 Å². The van der Waals surface area contributed by atoms with Crippen LogP contribution in [0.5, 0.6) is 5.75 Å². The number of fused-ring (bicyclic) bond motifs is 5. The number of carbonyl (C=O) groups is 2. The highest BCUT2D eigenvalue weighted by Gasteiger charge is 2.53. The molecule has 0 aromatic heterocycles. The Balaban J connectivity index is 1.65. The van der Waals surface area contributed by atoms with Crippen LogP contribution < -0.4 is 4.74 Å². The minimum atomic E-state index is -0.284. The molecule has 1 aromatic rings. The van der Waals surface area contributed by atoms with Crippen molar-refractivity contribution in [1.82, 2.24) is 0 Å². The standard InChI is InChI=1S/C22H26O4/c1-13(23)25-16-5-7-17-15(12-16)4-6-19-18(17)10-11-22(3)20(19)8-9-21(22)26-14(2)24/h5,7,10,12,19-21H,4,6,8-9,11H2,1-3H3/t19-,20+,21+,22-/m1/s1. The van der Waals surface area contributed by atoms with Crippen molar-refractivity contribution < 1.29 is 19.1 Å². The molecule has 1 aromatic carbocycles. The van der Waals surface area contributed by atoms with Crippen molar-refractivity contribution in [3.8, 4) is 5.75 Å². The van der Waals surface area contributed by atoms with Gasteiger partial charge in [-0.25, -0.2) is 0 Å². The Labute approximate surface area is 154 Å². The van der Waals surface area contributed by atoms with Crippen molar-refractivity contribution in [3.05, 3.63) is 35.4 Å². The van der Waals surface area contributed by atoms with E-state index < -0.39 is 0 Å². The molecule has 4 nitrogen and oxygen atoms in total. The number of esters is 2. The van der Waals surface area contributed by atoms with Crippen molar-refractivity contribution >= 4 is 17.5 Å². The lowest BCUT2D eigenvalue weighted by Gasteiger charge is -2.46. The second-order valence-electron chi connectivity index (χ2n) is 8.21. The number of rotatable bonds is 2. The third-order valence-corrected chi connectivity index (χ3v) is 6.65. The lowest BCUT2D eigenvalue weighted by Crippen LogP contribution is -2.41. The van der Waals surface area contributed by atoms with Gasteiger partial charge >= 0.3 is 11.9 Å². The van der Waals surface area contributed by atoms with E-state index in [1.54, 1.807) is 0 Å². The zero-order valence-electron chi connectivity index (χ0n) is 15.7. The van der Waals surface area contributed by atoms with Gasteiger partial charge in [-0.15, -0.1) is 0 Å². The molecule has 0 bridgehead atoms. The fourth-order valence-corrected chi connectivity index (χ4v) is 5.53. The first kappa shape index (κ1) is 17.3. The van der Waals surface area contributed by atoms with Crippen LogP contribution in [0.15, 0.2) is 24.3 Å². The molecule has 0 N–H and O–H groups in total. The third kappa shape index (κ3) is 2.76. The predicted octanol–water partition coefficient (Wildman–Crippen LogP) is 4.31. The number of ether oxygens (including phenoxy) is 2. The minimum Gasteiger partial charge on any atom is -0.462 e. The molecule has 4 rings (SSSR count). The van der Waals surface area contributed by atoms with Gasteiger partial charge in [0.15, 0.2) is 0 Å². The van der Waals surface area contributed by atoms with Gasteiger partial charge in [0.1, 0.15) is 11.9 Å². The van der Waals surface area contributed by atoms with E-state index in [2.05, 4.69) is 19.1 Å². The molecular formula is C22H26O4. The summed E-state index contributed by atoms with van der Waals surface area (Å²) in [7, 11) is 0. The van der Waals surface area contributed by atoms with Crippen LogP contribution in [0, 0.1) is 17.3 Å². The molecule has 0 radical (unpaired) electrons. The van der Waals surface area contributed by atoms with Crippen LogP contribution in [-0.4, -0.2) is 18.0 Å². The van der Waals surface area contributed by atoms with Gasteiger partial charge in [-0.3, -0.25) is 9.59 Å². The summed E-state index contributed by atoms with van der Waals surface area (Å²) in [6, 6.07) is 6.01. The molecule has 0 spiro atoms. The van der Waals surface area contributed by atoms with E-state index in [0.717, 1.165) is 32.1 Å². The molecular weight excluding hydrogens is 328 g/mol. The molecule has 138 valence electrons. The normalized spacial score (nSPS) is 32.0. The molecule has 0 amide bonds. The lowest BCUT2D eigenvalue weighted by molar-refractivity contribution is -0.152. The van der Waals surface area contributed by atoms with Crippen molar-refractivity contribution in [2.24, 2.45) is 17.3 Å². The average molecular weight is 354 g/mol. The van der Waals surface area contributed by atoms with E-state index in [0.29, 0.717) is 17.6 Å². The topological polar surface area (TPSA) is 52.6 Å². The lowest BCUT2D eigenvalue weighted by atomic mass is 9.60. The molecule has 0 unspecified atom stereocenters. The van der Waals surface area contributed by atoms with Gasteiger partial charge in [0, 0.05) is 19.3 Å². The van der Waals surface area contributed by atoms with Gasteiger partial charge in [-0.2, -0.15) is 0 Å². The number of aryl methyl sites for hydroxylation is 1. The average Bonchev–Trinajstić information content (AvgIpc) is 2.90. The zero-order valence-corrected chi connectivity index (χ0v) is 15.7. The van der Waals surface area contributed by atoms with Gasteiger partial charge in [-0.05, 0) is 72.8 Å². The maximum absolute atomic E-state index is 11.5. The number of carbonyl (C=O) groups excluding carboxylic acids is 2. The summed E-state index contributed by atoms with van der Waals surface area (Å²) < 4.78 is 10.9. The molecule has 4 atom stereocenters. The van der Waals surface area contributed by atoms with Crippen molar-refractivity contribution in [2.45, 2.75) is 59.0 Å². The fraction of sp³-hybridized carbons (Fsp3) is 0.545. The van der Waals surface area contributed by atoms with Crippen LogP contribution in [0.25, 0.3) is 5.57 Å². The van der Waals surface area contributed by atoms with Gasteiger partial charge in [0.25, 0.3) is 0 Å². The first-order chi connectivity index (χ1) is 12.4. The predicted molar refractivity (Wildman–Crippen MR) is 98.5 cm³/mol. The minimum absolute atomic E-state index is 0.0375. The van der Waals surface area contributed by atoms with E-state index in [-0.39, 0.29) is 23.5 Å². The SMILES string of the molecule is CC(=O)Oc1ccc2c(c1)CC[C@@H]1C2=CC[C@@]2(C)[C@@H](OC(C)=O)CC[C@@H]12. The van der Waals surface area contributed by atoms with Gasteiger partial charge in [0.05, 0.1) is 0 Å². The molecule has 0 aliphatic heterocycles. The van der Waals surface area contributed by atoms with E-state index >= 15 is 0 Å². The Hall–Kier alpha value is -2.10. The summed E-state index contributed by atoms with van der Waals surface area (Å²) in [5.74, 6) is 1.27. The summed E-state index contributed by atoms with van der Waals surface area (Å²) in [5, 5.41) is 0. The number of benzene rings is 1. The van der Waals surface area contributed by atoms with Crippen LogP contribution in [0.2, 0.25) is 0 Å². The molecule has 3 aliphatic rings. The third-order valence-electron chi connectivity index (χ3n) is 6.65. The van der Waals surface area contributed by atoms with E-state index in [1.807, 2.05) is 12.1 Å². The highest BCUT2D eigenvalue weighted by Crippen LogP contribution is 2.59. The van der Waals surface area contributed by atoms with Crippen LogP contribution in [0.4, 0.5) is 0 Å². The maximum Gasteiger partial charge on any atom is 0.308 e. The monoisotopic (exact) mass is 354 g/mol. The Morgan fingerprint density at radius 3 is 2.65 bits per heavy atom. The van der Waals surface area contributed by atoms with Crippen molar-refractivity contribution in [2.75, 3.05) is 0 Å². The Bertz CT molecular complexity index is 793. The van der Waals surface area contributed by atoms with Crippen LogP contribution in [-0.2, 0) is 20.7 Å². The molecule has 1 fully saturated rings. The largest absolute Gasteiger partial charge is 0.462 e. The second-order valence-corrected chi connectivity index (χ2v) is 8.21. The quantitative estimate of drug-likeness (QED) is 0.587. The Kier molecular flexibility index (Phi) is 4.17. The van der Waals surface area contributed by atoms with Crippen LogP contribution >= 0.6 is 0 Å². The molecule has 0 heterocycles. The summed E-state index contributed by atoms with van der Waals surface area (Å²) in [6.45, 7) is 5.24. The van der Waals surface area contributed by atoms with Crippen LogP contribution in [0.1, 0.15) is 57.6 Å². The van der Waals surface area contributed by atoms with Gasteiger partial charge < -0.3 is 9.47 Å². The number of hydrogen-bond donors (Lipinski definition) is 0. The van der Waals surface area contributed by atoms with E-state index in [1.165, 1.54) is 30.5 Å². The van der Waals surface area contributed by atoms with Crippen molar-refractivity contribution in [3.63, 3.8) is 0 Å². The Morgan fingerprint density at radius 2 is 1.92 bits per heavy atom. The Morgan fingerprint density at radius 1 is 1.12 bits per heavy atom. The fourth-order valence-electron chi connectivity index (χ4n) is 5.53. The molecule has 0 saturated heterocycles. The van der Waals surface area contributed by atoms with E-state index in [9.17, 15) is 9.59 Å². The first-order valence-electron chi connectivity index (χ1n) is 9.57. The highest BCUT2D eigenvalue weighted by atomic mass is 16.5. The highest BCUT2D eigenvalue weighted by molar-refractivity contribution is 5.75. The zero-order chi connectivity index (χ0) is 18.5. The van der Waals surface area contributed by atoms with Crippen LogP contribution in [0.3, 0.4) is 0 Å². The summed E-state index contributed by atoms with van der Waals surface area (Å²) in [6.07, 6.45) is 7.55. The molecule has 1 saturated carbocycles. The van der Waals surface area contributed by atoms with Crippen molar-refractivity contribution in [1.29, 1.82) is 0 Å². The van der Waals surface area contributed by atoms with Gasteiger partial charge in [0.2, 0.25) is 0 Å². The molecule has 26 heavy (non-hydrogen) atoms. The maximum atomic E-state index is 11.5. The summed E-state index contributed by atoms with van der Waals surface area (Å²) >= 11 is 0. The smallest absolute Gasteiger partial charge is 0.308 e.